The summed E-state index contributed by atoms with van der Waals surface area (Å²) in [6.45, 7) is 0.407. The summed E-state index contributed by atoms with van der Waals surface area (Å²) in [5, 5.41) is 0.852. The van der Waals surface area contributed by atoms with Crippen molar-refractivity contribution in [1.29, 1.82) is 0 Å². The first kappa shape index (κ1) is 16.9. The first-order chi connectivity index (χ1) is 11.5. The van der Waals surface area contributed by atoms with Gasteiger partial charge in [-0.15, -0.1) is 23.1 Å². The molecule has 124 valence electrons. The van der Waals surface area contributed by atoms with Crippen molar-refractivity contribution in [3.05, 3.63) is 59.1 Å². The van der Waals surface area contributed by atoms with Crippen LogP contribution in [0.1, 0.15) is 5.01 Å². The monoisotopic (exact) mass is 364 g/mol. The second kappa shape index (κ2) is 7.27. The van der Waals surface area contributed by atoms with Gasteiger partial charge in [-0.2, -0.15) is 0 Å². The summed E-state index contributed by atoms with van der Waals surface area (Å²) in [7, 11) is 1.69. The Bertz CT molecular complexity index is 849. The molecular formula is C17H14F2N2OS2. The van der Waals surface area contributed by atoms with Gasteiger partial charge in [0.15, 0.2) is 0 Å². The lowest BCUT2D eigenvalue weighted by molar-refractivity contribution is -0.127. The van der Waals surface area contributed by atoms with Crippen molar-refractivity contribution < 1.29 is 13.6 Å². The minimum Gasteiger partial charge on any atom is -0.338 e. The third kappa shape index (κ3) is 3.91. The molecule has 0 radical (unpaired) electrons. The molecule has 0 bridgehead atoms. The lowest BCUT2D eigenvalue weighted by Gasteiger charge is -2.15. The van der Waals surface area contributed by atoms with Crippen LogP contribution in [0.4, 0.5) is 8.78 Å². The van der Waals surface area contributed by atoms with E-state index in [2.05, 4.69) is 4.98 Å². The van der Waals surface area contributed by atoms with E-state index >= 15 is 0 Å². The van der Waals surface area contributed by atoms with Gasteiger partial charge in [-0.05, 0) is 24.3 Å². The Hall–Kier alpha value is -1.99. The van der Waals surface area contributed by atoms with E-state index in [0.717, 1.165) is 33.1 Å². The zero-order valence-corrected chi connectivity index (χ0v) is 14.5. The van der Waals surface area contributed by atoms with Crippen molar-refractivity contribution in [3.63, 3.8) is 0 Å². The molecule has 2 aromatic carbocycles. The number of aromatic nitrogens is 1. The van der Waals surface area contributed by atoms with E-state index in [-0.39, 0.29) is 16.6 Å². The number of thioether (sulfide) groups is 1. The Kier molecular flexibility index (Phi) is 5.11. The number of hydrogen-bond acceptors (Lipinski definition) is 4. The molecule has 0 spiro atoms. The quantitative estimate of drug-likeness (QED) is 0.632. The van der Waals surface area contributed by atoms with Crippen LogP contribution in [0.2, 0.25) is 0 Å². The Labute approximate surface area is 146 Å². The minimum absolute atomic E-state index is 0.0872. The topological polar surface area (TPSA) is 33.2 Å². The van der Waals surface area contributed by atoms with Crippen LogP contribution in [-0.2, 0) is 11.3 Å². The molecule has 0 aliphatic carbocycles. The summed E-state index contributed by atoms with van der Waals surface area (Å²) >= 11 is 2.61. The number of hydrogen-bond donors (Lipinski definition) is 0. The predicted molar refractivity (Wildman–Crippen MR) is 93.2 cm³/mol. The number of fused-ring (bicyclic) bond motifs is 1. The molecule has 0 aliphatic heterocycles. The summed E-state index contributed by atoms with van der Waals surface area (Å²) < 4.78 is 27.5. The SMILES string of the molecule is CN(Cc1nc2ccccc2s1)C(=O)CSc1ccc(F)cc1F. The molecule has 1 heterocycles. The van der Waals surface area contributed by atoms with Crippen LogP contribution in [-0.4, -0.2) is 28.6 Å². The lowest BCUT2D eigenvalue weighted by atomic mass is 10.3. The Morgan fingerprint density at radius 3 is 2.79 bits per heavy atom. The Morgan fingerprint density at radius 2 is 2.04 bits per heavy atom. The molecule has 3 nitrogen and oxygen atoms in total. The van der Waals surface area contributed by atoms with E-state index in [9.17, 15) is 13.6 Å². The van der Waals surface area contributed by atoms with Gasteiger partial charge in [-0.1, -0.05) is 12.1 Å². The van der Waals surface area contributed by atoms with Gasteiger partial charge in [0.1, 0.15) is 16.6 Å². The fourth-order valence-electron chi connectivity index (χ4n) is 2.12. The highest BCUT2D eigenvalue weighted by Gasteiger charge is 2.14. The Balaban J connectivity index is 1.60. The van der Waals surface area contributed by atoms with Crippen LogP contribution < -0.4 is 0 Å². The van der Waals surface area contributed by atoms with Crippen molar-refractivity contribution in [1.82, 2.24) is 9.88 Å². The van der Waals surface area contributed by atoms with Gasteiger partial charge in [-0.25, -0.2) is 13.8 Å². The number of rotatable bonds is 5. The zero-order chi connectivity index (χ0) is 17.1. The van der Waals surface area contributed by atoms with Gasteiger partial charge in [0, 0.05) is 18.0 Å². The van der Waals surface area contributed by atoms with Crippen molar-refractivity contribution >= 4 is 39.2 Å². The second-order valence-corrected chi connectivity index (χ2v) is 7.32. The fraction of sp³-hybridized carbons (Fsp3) is 0.176. The third-order valence-corrected chi connectivity index (χ3v) is 5.44. The van der Waals surface area contributed by atoms with Crippen LogP contribution in [0, 0.1) is 11.6 Å². The van der Waals surface area contributed by atoms with Gasteiger partial charge >= 0.3 is 0 Å². The molecule has 24 heavy (non-hydrogen) atoms. The van der Waals surface area contributed by atoms with Gasteiger partial charge < -0.3 is 4.90 Å². The maximum absolute atomic E-state index is 13.6. The van der Waals surface area contributed by atoms with E-state index in [1.165, 1.54) is 12.1 Å². The molecule has 1 aromatic heterocycles. The average Bonchev–Trinajstić information content (AvgIpc) is 2.95. The van der Waals surface area contributed by atoms with E-state index in [0.29, 0.717) is 6.54 Å². The van der Waals surface area contributed by atoms with Crippen LogP contribution in [0.3, 0.4) is 0 Å². The summed E-state index contributed by atoms with van der Waals surface area (Å²) in [6.07, 6.45) is 0. The van der Waals surface area contributed by atoms with Gasteiger partial charge in [-0.3, -0.25) is 4.79 Å². The molecule has 0 aliphatic rings. The van der Waals surface area contributed by atoms with Crippen LogP contribution in [0.5, 0.6) is 0 Å². The van der Waals surface area contributed by atoms with E-state index in [1.54, 1.807) is 23.3 Å². The van der Waals surface area contributed by atoms with E-state index in [1.807, 2.05) is 24.3 Å². The fourth-order valence-corrected chi connectivity index (χ4v) is 4.00. The highest BCUT2D eigenvalue weighted by Crippen LogP contribution is 2.24. The molecule has 0 atom stereocenters. The summed E-state index contributed by atoms with van der Waals surface area (Å²) in [6, 6.07) is 11.1. The number of thiazole rings is 1. The van der Waals surface area contributed by atoms with Gasteiger partial charge in [0.2, 0.25) is 5.91 Å². The standard InChI is InChI=1S/C17H14F2N2OS2/c1-21(9-16-20-13-4-2-3-5-15(13)24-16)17(22)10-23-14-7-6-11(18)8-12(14)19/h2-8H,9-10H2,1H3. The van der Waals surface area contributed by atoms with E-state index in [4.69, 9.17) is 0 Å². The number of amides is 1. The van der Waals surface area contributed by atoms with E-state index < -0.39 is 11.6 Å². The molecule has 0 N–H and O–H groups in total. The number of halogens is 2. The molecule has 0 saturated carbocycles. The molecule has 3 rings (SSSR count). The van der Waals surface area contributed by atoms with Crippen molar-refractivity contribution in [2.24, 2.45) is 0 Å². The predicted octanol–water partition coefficient (Wildman–Crippen LogP) is 4.33. The summed E-state index contributed by atoms with van der Waals surface area (Å²) in [5.41, 5.74) is 0.918. The Morgan fingerprint density at radius 1 is 1.25 bits per heavy atom. The largest absolute Gasteiger partial charge is 0.338 e. The maximum Gasteiger partial charge on any atom is 0.233 e. The molecule has 7 heteroatoms. The number of benzene rings is 2. The zero-order valence-electron chi connectivity index (χ0n) is 12.8. The van der Waals surface area contributed by atoms with Gasteiger partial charge in [0.25, 0.3) is 0 Å². The molecule has 0 saturated heterocycles. The molecular weight excluding hydrogens is 350 g/mol. The number of nitrogens with zero attached hydrogens (tertiary/aromatic N) is 2. The van der Waals surface area contributed by atoms with Crippen molar-refractivity contribution in [3.8, 4) is 0 Å². The first-order valence-electron chi connectivity index (χ1n) is 7.19. The maximum atomic E-state index is 13.6. The molecule has 0 unspecified atom stereocenters. The molecule has 3 aromatic rings. The number of carbonyl (C=O) groups excluding carboxylic acids is 1. The lowest BCUT2D eigenvalue weighted by Crippen LogP contribution is -2.27. The molecule has 0 fully saturated rings. The van der Waals surface area contributed by atoms with Crippen molar-refractivity contribution in [2.45, 2.75) is 11.4 Å². The average molecular weight is 364 g/mol. The highest BCUT2D eigenvalue weighted by atomic mass is 32.2. The number of para-hydroxylation sites is 1. The van der Waals surface area contributed by atoms with Crippen LogP contribution >= 0.6 is 23.1 Å². The van der Waals surface area contributed by atoms with Crippen LogP contribution in [0.15, 0.2) is 47.4 Å². The highest BCUT2D eigenvalue weighted by molar-refractivity contribution is 8.00. The van der Waals surface area contributed by atoms with Gasteiger partial charge in [0.05, 0.1) is 22.5 Å². The second-order valence-electron chi connectivity index (χ2n) is 5.19. The normalized spacial score (nSPS) is 11.0. The summed E-state index contributed by atoms with van der Waals surface area (Å²) in [5.74, 6) is -1.33. The molecule has 1 amide bonds. The minimum atomic E-state index is -0.651. The van der Waals surface area contributed by atoms with Crippen LogP contribution in [0.25, 0.3) is 10.2 Å². The smallest absolute Gasteiger partial charge is 0.233 e. The van der Waals surface area contributed by atoms with Crippen molar-refractivity contribution in [2.75, 3.05) is 12.8 Å². The first-order valence-corrected chi connectivity index (χ1v) is 8.99. The summed E-state index contributed by atoms with van der Waals surface area (Å²) in [4.78, 5) is 18.5. The number of carbonyl (C=O) groups is 1. The third-order valence-electron chi connectivity index (χ3n) is 3.38.